The van der Waals surface area contributed by atoms with Crippen LogP contribution < -0.4 is 0 Å². The van der Waals surface area contributed by atoms with Gasteiger partial charge in [0, 0.05) is 24.7 Å². The molecule has 4 heteroatoms. The minimum Gasteiger partial charge on any atom is -0.480 e. The fourth-order valence-electron chi connectivity index (χ4n) is 4.36. The molecule has 0 amide bonds. The zero-order valence-electron chi connectivity index (χ0n) is 12.1. The van der Waals surface area contributed by atoms with Crippen LogP contribution in [0.1, 0.15) is 52.4 Å². The molecule has 2 saturated heterocycles. The Balaban J connectivity index is 1.76. The summed E-state index contributed by atoms with van der Waals surface area (Å²) in [7, 11) is 0. The van der Waals surface area contributed by atoms with Crippen LogP contribution in [-0.2, 0) is 4.79 Å². The highest BCUT2D eigenvalue weighted by Gasteiger charge is 2.51. The van der Waals surface area contributed by atoms with E-state index in [9.17, 15) is 9.90 Å². The smallest absolute Gasteiger partial charge is 0.324 e. The standard InChI is InChI=1S/C15H26N2O2/c1-3-15(14(18)19)7-4-8-17(15)13-9-11(2)16(10-13)12-5-6-12/h11-13H,3-10H2,1-2H3,(H,18,19). The largest absolute Gasteiger partial charge is 0.480 e. The Morgan fingerprint density at radius 1 is 1.37 bits per heavy atom. The van der Waals surface area contributed by atoms with E-state index >= 15 is 0 Å². The molecular weight excluding hydrogens is 240 g/mol. The van der Waals surface area contributed by atoms with Crippen LogP contribution in [0.15, 0.2) is 0 Å². The number of aliphatic carboxylic acids is 1. The summed E-state index contributed by atoms with van der Waals surface area (Å²) in [5.74, 6) is -0.606. The molecule has 3 unspecified atom stereocenters. The first kappa shape index (κ1) is 13.4. The van der Waals surface area contributed by atoms with E-state index in [1.54, 1.807) is 0 Å². The second-order valence-corrected chi connectivity index (χ2v) is 6.65. The SMILES string of the molecule is CCC1(C(=O)O)CCCN1C1CC(C)N(C2CC2)C1. The zero-order valence-corrected chi connectivity index (χ0v) is 12.1. The molecule has 0 spiro atoms. The van der Waals surface area contributed by atoms with E-state index in [2.05, 4.69) is 16.7 Å². The van der Waals surface area contributed by atoms with Crippen molar-refractivity contribution in [2.45, 2.75) is 76.0 Å². The molecule has 2 aliphatic heterocycles. The van der Waals surface area contributed by atoms with Crippen molar-refractivity contribution in [1.29, 1.82) is 0 Å². The molecule has 19 heavy (non-hydrogen) atoms. The van der Waals surface area contributed by atoms with Gasteiger partial charge in [0.05, 0.1) is 0 Å². The van der Waals surface area contributed by atoms with Crippen molar-refractivity contribution < 1.29 is 9.90 Å². The van der Waals surface area contributed by atoms with E-state index in [4.69, 9.17) is 0 Å². The van der Waals surface area contributed by atoms with Gasteiger partial charge in [0.15, 0.2) is 0 Å². The maximum absolute atomic E-state index is 11.8. The molecular formula is C15H26N2O2. The van der Waals surface area contributed by atoms with E-state index in [0.29, 0.717) is 12.1 Å². The lowest BCUT2D eigenvalue weighted by atomic mass is 9.91. The Labute approximate surface area is 115 Å². The van der Waals surface area contributed by atoms with Gasteiger partial charge in [-0.3, -0.25) is 14.6 Å². The highest BCUT2D eigenvalue weighted by atomic mass is 16.4. The summed E-state index contributed by atoms with van der Waals surface area (Å²) in [5, 5.41) is 9.69. The number of carboxylic acids is 1. The second-order valence-electron chi connectivity index (χ2n) is 6.65. The molecule has 0 aromatic rings. The van der Waals surface area contributed by atoms with E-state index in [0.717, 1.165) is 44.8 Å². The van der Waals surface area contributed by atoms with Crippen molar-refractivity contribution in [3.8, 4) is 0 Å². The molecule has 3 rings (SSSR count). The number of hydrogen-bond donors (Lipinski definition) is 1. The van der Waals surface area contributed by atoms with Crippen molar-refractivity contribution in [2.24, 2.45) is 0 Å². The predicted octanol–water partition coefficient (Wildman–Crippen LogP) is 1.94. The Morgan fingerprint density at radius 3 is 2.68 bits per heavy atom. The molecule has 3 atom stereocenters. The first-order valence-corrected chi connectivity index (χ1v) is 7.84. The van der Waals surface area contributed by atoms with Gasteiger partial charge in [-0.05, 0) is 52.0 Å². The molecule has 3 aliphatic rings. The average Bonchev–Trinajstić information content (AvgIpc) is 3.00. The van der Waals surface area contributed by atoms with Gasteiger partial charge in [-0.25, -0.2) is 0 Å². The zero-order chi connectivity index (χ0) is 13.6. The van der Waals surface area contributed by atoms with Crippen LogP contribution in [0, 0.1) is 0 Å². The third-order valence-corrected chi connectivity index (χ3v) is 5.58. The molecule has 0 aromatic heterocycles. The van der Waals surface area contributed by atoms with Crippen LogP contribution >= 0.6 is 0 Å². The third-order valence-electron chi connectivity index (χ3n) is 5.58. The van der Waals surface area contributed by atoms with Gasteiger partial charge in [0.1, 0.15) is 5.54 Å². The summed E-state index contributed by atoms with van der Waals surface area (Å²) in [6, 6.07) is 1.87. The fraction of sp³-hybridized carbons (Fsp3) is 0.933. The normalized spacial score (nSPS) is 40.9. The maximum Gasteiger partial charge on any atom is 0.324 e. The van der Waals surface area contributed by atoms with E-state index in [1.165, 1.54) is 12.8 Å². The number of carbonyl (C=O) groups is 1. The lowest BCUT2D eigenvalue weighted by Gasteiger charge is -2.38. The van der Waals surface area contributed by atoms with Gasteiger partial charge in [-0.15, -0.1) is 0 Å². The summed E-state index contributed by atoms with van der Waals surface area (Å²) < 4.78 is 0. The van der Waals surface area contributed by atoms with Gasteiger partial charge in [-0.1, -0.05) is 6.92 Å². The summed E-state index contributed by atoms with van der Waals surface area (Å²) in [5.41, 5.74) is -0.579. The van der Waals surface area contributed by atoms with Crippen molar-refractivity contribution >= 4 is 5.97 Å². The van der Waals surface area contributed by atoms with Crippen LogP contribution in [0.3, 0.4) is 0 Å². The monoisotopic (exact) mass is 266 g/mol. The van der Waals surface area contributed by atoms with Gasteiger partial charge >= 0.3 is 5.97 Å². The van der Waals surface area contributed by atoms with Crippen LogP contribution in [0.25, 0.3) is 0 Å². The second kappa shape index (κ2) is 4.74. The number of hydrogen-bond acceptors (Lipinski definition) is 3. The molecule has 1 N–H and O–H groups in total. The minimum absolute atomic E-state index is 0.453. The predicted molar refractivity (Wildman–Crippen MR) is 74.2 cm³/mol. The highest BCUT2D eigenvalue weighted by molar-refractivity contribution is 5.79. The Kier molecular flexibility index (Phi) is 3.34. The van der Waals surface area contributed by atoms with Gasteiger partial charge in [0.2, 0.25) is 0 Å². The van der Waals surface area contributed by atoms with Gasteiger partial charge in [-0.2, -0.15) is 0 Å². The third kappa shape index (κ3) is 2.09. The molecule has 4 nitrogen and oxygen atoms in total. The number of nitrogens with zero attached hydrogens (tertiary/aromatic N) is 2. The van der Waals surface area contributed by atoms with Crippen molar-refractivity contribution in [3.05, 3.63) is 0 Å². The minimum atomic E-state index is -0.606. The van der Waals surface area contributed by atoms with E-state index < -0.39 is 11.5 Å². The van der Waals surface area contributed by atoms with Gasteiger partial charge < -0.3 is 5.11 Å². The van der Waals surface area contributed by atoms with Crippen molar-refractivity contribution in [3.63, 3.8) is 0 Å². The van der Waals surface area contributed by atoms with E-state index in [1.807, 2.05) is 6.92 Å². The summed E-state index contributed by atoms with van der Waals surface area (Å²) >= 11 is 0. The topological polar surface area (TPSA) is 43.8 Å². The summed E-state index contributed by atoms with van der Waals surface area (Å²) in [4.78, 5) is 16.7. The van der Waals surface area contributed by atoms with Crippen LogP contribution in [0.5, 0.6) is 0 Å². The molecule has 1 aliphatic carbocycles. The summed E-state index contributed by atoms with van der Waals surface area (Å²) in [6.07, 6.45) is 6.42. The Bertz CT molecular complexity index is 369. The molecule has 0 bridgehead atoms. The Hall–Kier alpha value is -0.610. The van der Waals surface area contributed by atoms with Crippen LogP contribution in [0.4, 0.5) is 0 Å². The first-order chi connectivity index (χ1) is 9.08. The van der Waals surface area contributed by atoms with Crippen molar-refractivity contribution in [2.75, 3.05) is 13.1 Å². The quantitative estimate of drug-likeness (QED) is 0.844. The average molecular weight is 266 g/mol. The molecule has 1 saturated carbocycles. The highest BCUT2D eigenvalue weighted by Crippen LogP contribution is 2.40. The van der Waals surface area contributed by atoms with Crippen molar-refractivity contribution in [1.82, 2.24) is 9.80 Å². The fourth-order valence-corrected chi connectivity index (χ4v) is 4.36. The molecule has 0 radical (unpaired) electrons. The molecule has 0 aromatic carbocycles. The lowest BCUT2D eigenvalue weighted by Crippen LogP contribution is -2.55. The van der Waals surface area contributed by atoms with E-state index in [-0.39, 0.29) is 0 Å². The summed E-state index contributed by atoms with van der Waals surface area (Å²) in [6.45, 7) is 6.39. The lowest BCUT2D eigenvalue weighted by molar-refractivity contribution is -0.151. The maximum atomic E-state index is 11.8. The van der Waals surface area contributed by atoms with Crippen LogP contribution in [0.2, 0.25) is 0 Å². The van der Waals surface area contributed by atoms with Crippen LogP contribution in [-0.4, -0.2) is 57.6 Å². The Morgan fingerprint density at radius 2 is 2.11 bits per heavy atom. The molecule has 108 valence electrons. The first-order valence-electron chi connectivity index (χ1n) is 7.84. The molecule has 3 fully saturated rings. The number of rotatable bonds is 4. The molecule has 2 heterocycles. The number of carboxylic acid groups (broad SMARTS) is 1. The number of likely N-dealkylation sites (tertiary alicyclic amines) is 2. The van der Waals surface area contributed by atoms with Gasteiger partial charge in [0.25, 0.3) is 0 Å².